The minimum atomic E-state index is -0.623. The fourth-order valence-electron chi connectivity index (χ4n) is 2.87. The maximum Gasteiger partial charge on any atom is 0.134 e. The zero-order valence-corrected chi connectivity index (χ0v) is 14.6. The summed E-state index contributed by atoms with van der Waals surface area (Å²) in [4.78, 5) is 11.6. The van der Waals surface area contributed by atoms with Crippen LogP contribution in [0.1, 0.15) is 44.1 Å². The van der Waals surface area contributed by atoms with Crippen LogP contribution in [0.2, 0.25) is 0 Å². The first kappa shape index (κ1) is 15.9. The van der Waals surface area contributed by atoms with E-state index in [2.05, 4.69) is 34.0 Å². The highest BCUT2D eigenvalue weighted by Crippen LogP contribution is 2.38. The first-order valence-electron chi connectivity index (χ1n) is 8.13. The number of nitrogens with zero attached hydrogens (tertiary/aromatic N) is 3. The number of aromatic nitrogens is 2. The van der Waals surface area contributed by atoms with Gasteiger partial charge in [-0.2, -0.15) is 0 Å². The van der Waals surface area contributed by atoms with Crippen LogP contribution in [0.3, 0.4) is 0 Å². The number of anilines is 1. The van der Waals surface area contributed by atoms with E-state index in [1.165, 1.54) is 12.8 Å². The Kier molecular flexibility index (Phi) is 4.50. The van der Waals surface area contributed by atoms with Gasteiger partial charge >= 0.3 is 0 Å². The van der Waals surface area contributed by atoms with Crippen LogP contribution in [-0.2, 0) is 10.8 Å². The van der Waals surface area contributed by atoms with Gasteiger partial charge in [0.1, 0.15) is 11.6 Å². The van der Waals surface area contributed by atoms with Gasteiger partial charge in [0.05, 0.1) is 0 Å². The third-order valence-electron chi connectivity index (χ3n) is 4.55. The van der Waals surface area contributed by atoms with Crippen LogP contribution in [0, 0.1) is 6.92 Å². The molecule has 1 saturated carbocycles. The van der Waals surface area contributed by atoms with E-state index in [1.54, 1.807) is 0 Å². The van der Waals surface area contributed by atoms with Crippen LogP contribution in [-0.4, -0.2) is 55.8 Å². The van der Waals surface area contributed by atoms with Gasteiger partial charge in [0.2, 0.25) is 0 Å². The molecule has 1 aliphatic heterocycles. The highest BCUT2D eigenvalue weighted by atomic mass is 32.2. The molecule has 1 N–H and O–H groups in total. The quantitative estimate of drug-likeness (QED) is 0.897. The molecule has 5 nitrogen and oxygen atoms in total. The van der Waals surface area contributed by atoms with Crippen molar-refractivity contribution in [3.63, 3.8) is 0 Å². The Morgan fingerprint density at radius 3 is 2.64 bits per heavy atom. The van der Waals surface area contributed by atoms with Crippen molar-refractivity contribution in [3.8, 4) is 0 Å². The normalized spacial score (nSPS) is 21.0. The Hall–Kier alpha value is -1.01. The van der Waals surface area contributed by atoms with E-state index in [0.29, 0.717) is 5.92 Å². The summed E-state index contributed by atoms with van der Waals surface area (Å²) in [5.74, 6) is 4.09. The molecule has 0 aromatic carbocycles. The Balaban J connectivity index is 1.62. The molecule has 2 heterocycles. The molecule has 1 aromatic heterocycles. The summed E-state index contributed by atoms with van der Waals surface area (Å²) in [5.41, 5.74) is 1.06. The van der Waals surface area contributed by atoms with Crippen molar-refractivity contribution >= 4 is 16.6 Å². The average molecular weight is 322 g/mol. The molecule has 6 heteroatoms. The lowest BCUT2D eigenvalue weighted by atomic mass is 10.0. The second-order valence-corrected chi connectivity index (χ2v) is 8.72. The molecule has 0 atom stereocenters. The van der Waals surface area contributed by atoms with Crippen LogP contribution in [0.25, 0.3) is 0 Å². The van der Waals surface area contributed by atoms with Crippen molar-refractivity contribution in [2.24, 2.45) is 0 Å². The van der Waals surface area contributed by atoms with Gasteiger partial charge in [0.25, 0.3) is 0 Å². The monoisotopic (exact) mass is 322 g/mol. The van der Waals surface area contributed by atoms with Crippen LogP contribution in [0.5, 0.6) is 0 Å². The summed E-state index contributed by atoms with van der Waals surface area (Å²) in [6, 6.07) is 2.02. The molecule has 3 rings (SSSR count). The van der Waals surface area contributed by atoms with E-state index in [-0.39, 0.29) is 5.54 Å². The molecule has 1 saturated heterocycles. The molecular formula is C16H26N4OS. The molecule has 0 amide bonds. The van der Waals surface area contributed by atoms with Crippen molar-refractivity contribution in [2.45, 2.75) is 45.1 Å². The predicted molar refractivity (Wildman–Crippen MR) is 90.8 cm³/mol. The fourth-order valence-corrected chi connectivity index (χ4v) is 3.92. The van der Waals surface area contributed by atoms with E-state index < -0.39 is 10.8 Å². The number of nitrogens with one attached hydrogen (secondary N) is 1. The summed E-state index contributed by atoms with van der Waals surface area (Å²) in [6.45, 7) is 9.17. The Morgan fingerprint density at radius 2 is 2.00 bits per heavy atom. The molecule has 1 aliphatic carbocycles. The van der Waals surface area contributed by atoms with Gasteiger partial charge in [0, 0.05) is 65.2 Å². The second kappa shape index (κ2) is 6.24. The van der Waals surface area contributed by atoms with E-state index in [4.69, 9.17) is 0 Å². The van der Waals surface area contributed by atoms with E-state index in [9.17, 15) is 4.21 Å². The summed E-state index contributed by atoms with van der Waals surface area (Å²) in [5, 5.41) is 3.49. The number of aryl methyl sites for hydroxylation is 1. The van der Waals surface area contributed by atoms with Gasteiger partial charge in [-0.25, -0.2) is 9.97 Å². The van der Waals surface area contributed by atoms with Crippen LogP contribution in [0.15, 0.2) is 6.07 Å². The Bertz CT molecular complexity index is 561. The van der Waals surface area contributed by atoms with Crippen molar-refractivity contribution in [2.75, 3.05) is 36.5 Å². The van der Waals surface area contributed by atoms with E-state index in [1.807, 2.05) is 13.0 Å². The van der Waals surface area contributed by atoms with Gasteiger partial charge in [-0.15, -0.1) is 0 Å². The zero-order valence-electron chi connectivity index (χ0n) is 13.8. The number of hydrogen-bond acceptors (Lipinski definition) is 5. The van der Waals surface area contributed by atoms with Crippen LogP contribution >= 0.6 is 0 Å². The maximum absolute atomic E-state index is 11.5. The van der Waals surface area contributed by atoms with Gasteiger partial charge in [-0.05, 0) is 33.6 Å². The van der Waals surface area contributed by atoms with Crippen molar-refractivity contribution < 1.29 is 4.21 Å². The van der Waals surface area contributed by atoms with Gasteiger partial charge in [-0.1, -0.05) is 0 Å². The topological polar surface area (TPSA) is 58.1 Å². The van der Waals surface area contributed by atoms with Crippen molar-refractivity contribution in [3.05, 3.63) is 17.6 Å². The first-order valence-corrected chi connectivity index (χ1v) is 9.62. The standard InChI is InChI=1S/C16H26N4OS/c1-12-10-14(19-15(18-12)13-4-5-13)17-11-16(2,3)20-6-8-22(21)9-7-20/h10,13H,4-9,11H2,1-3H3,(H,17,18,19). The molecule has 0 radical (unpaired) electrons. The second-order valence-electron chi connectivity index (χ2n) is 7.03. The third kappa shape index (κ3) is 3.84. The summed E-state index contributed by atoms with van der Waals surface area (Å²) in [6.07, 6.45) is 2.44. The summed E-state index contributed by atoms with van der Waals surface area (Å²) >= 11 is 0. The number of rotatable bonds is 5. The summed E-state index contributed by atoms with van der Waals surface area (Å²) < 4.78 is 11.5. The predicted octanol–water partition coefficient (Wildman–Crippen LogP) is 1.92. The molecule has 0 bridgehead atoms. The summed E-state index contributed by atoms with van der Waals surface area (Å²) in [7, 11) is -0.623. The average Bonchev–Trinajstić information content (AvgIpc) is 3.30. The van der Waals surface area contributed by atoms with Gasteiger partial charge in [-0.3, -0.25) is 9.11 Å². The molecular weight excluding hydrogens is 296 g/mol. The third-order valence-corrected chi connectivity index (χ3v) is 5.83. The number of hydrogen-bond donors (Lipinski definition) is 1. The molecule has 0 unspecified atom stereocenters. The minimum absolute atomic E-state index is 0.0310. The van der Waals surface area contributed by atoms with Gasteiger partial charge < -0.3 is 5.32 Å². The van der Waals surface area contributed by atoms with Crippen LogP contribution < -0.4 is 5.32 Å². The maximum atomic E-state index is 11.5. The molecule has 122 valence electrons. The molecule has 22 heavy (non-hydrogen) atoms. The van der Waals surface area contributed by atoms with Crippen molar-refractivity contribution in [1.82, 2.24) is 14.9 Å². The molecule has 0 spiro atoms. The lowest BCUT2D eigenvalue weighted by Gasteiger charge is -2.40. The highest BCUT2D eigenvalue weighted by molar-refractivity contribution is 7.85. The zero-order chi connectivity index (χ0) is 15.7. The van der Waals surface area contributed by atoms with Gasteiger partial charge in [0.15, 0.2) is 0 Å². The lowest BCUT2D eigenvalue weighted by molar-refractivity contribution is 0.145. The molecule has 1 aromatic rings. The molecule has 2 aliphatic rings. The smallest absolute Gasteiger partial charge is 0.134 e. The Labute approximate surface area is 135 Å². The molecule has 2 fully saturated rings. The van der Waals surface area contributed by atoms with Crippen molar-refractivity contribution in [1.29, 1.82) is 0 Å². The fraction of sp³-hybridized carbons (Fsp3) is 0.750. The Morgan fingerprint density at radius 1 is 1.32 bits per heavy atom. The van der Waals surface area contributed by atoms with Crippen LogP contribution in [0.4, 0.5) is 5.82 Å². The SMILES string of the molecule is Cc1cc(NCC(C)(C)N2CCS(=O)CC2)nc(C2CC2)n1. The highest BCUT2D eigenvalue weighted by Gasteiger charge is 2.30. The lowest BCUT2D eigenvalue weighted by Crippen LogP contribution is -2.53. The van der Waals surface area contributed by atoms with E-state index >= 15 is 0 Å². The largest absolute Gasteiger partial charge is 0.368 e. The van der Waals surface area contributed by atoms with E-state index in [0.717, 1.165) is 48.5 Å². The minimum Gasteiger partial charge on any atom is -0.368 e. The first-order chi connectivity index (χ1) is 10.4.